The molecule has 1 aliphatic carbocycles. The smallest absolute Gasteiger partial charge is 0.269 e. The quantitative estimate of drug-likeness (QED) is 0.653. The van der Waals surface area contributed by atoms with Crippen molar-refractivity contribution >= 4 is 5.91 Å². The molecule has 1 saturated carbocycles. The summed E-state index contributed by atoms with van der Waals surface area (Å²) in [6.45, 7) is 0.762. The maximum Gasteiger partial charge on any atom is 0.269 e. The van der Waals surface area contributed by atoms with E-state index in [-0.39, 0.29) is 17.9 Å². The largest absolute Gasteiger partial charge is 0.391 e. The van der Waals surface area contributed by atoms with Gasteiger partial charge in [0.15, 0.2) is 0 Å². The van der Waals surface area contributed by atoms with Gasteiger partial charge in [0.2, 0.25) is 0 Å². The highest BCUT2D eigenvalue weighted by molar-refractivity contribution is 5.92. The van der Waals surface area contributed by atoms with Gasteiger partial charge in [0, 0.05) is 24.5 Å². The minimum absolute atomic E-state index is 0.236. The second-order valence-electron chi connectivity index (χ2n) is 6.72. The number of benzene rings is 1. The number of nitrogens with one attached hydrogen (secondary N) is 2. The maximum atomic E-state index is 12.2. The fraction of sp³-hybridized carbons (Fsp3) is 0.316. The number of rotatable bonds is 5. The van der Waals surface area contributed by atoms with Crippen LogP contribution in [0.25, 0.3) is 11.4 Å². The number of aliphatic hydroxyl groups is 1. The number of H-pyrrole nitrogens is 1. The lowest BCUT2D eigenvalue weighted by atomic mass is 10.1. The normalized spacial score (nSPS) is 22.4. The van der Waals surface area contributed by atoms with Crippen molar-refractivity contribution < 1.29 is 9.90 Å². The van der Waals surface area contributed by atoms with Gasteiger partial charge < -0.3 is 20.0 Å². The highest BCUT2D eigenvalue weighted by Crippen LogP contribution is 2.29. The first-order valence-electron chi connectivity index (χ1n) is 8.74. The van der Waals surface area contributed by atoms with Crippen LogP contribution in [0, 0.1) is 5.92 Å². The molecule has 2 aromatic heterocycles. The van der Waals surface area contributed by atoms with Crippen LogP contribution in [0.15, 0.2) is 55.2 Å². The van der Waals surface area contributed by atoms with Gasteiger partial charge >= 0.3 is 0 Å². The molecular formula is C19H21N5O2. The number of aliphatic hydroxyl groups excluding tert-OH is 1. The summed E-state index contributed by atoms with van der Waals surface area (Å²) in [5.74, 6) is 0.957. The number of amides is 1. The van der Waals surface area contributed by atoms with E-state index in [1.165, 1.54) is 12.5 Å². The molecule has 0 radical (unpaired) electrons. The summed E-state index contributed by atoms with van der Waals surface area (Å²) in [6, 6.07) is 9.80. The molecule has 4 rings (SSSR count). The van der Waals surface area contributed by atoms with Crippen LogP contribution < -0.4 is 5.32 Å². The molecule has 0 spiro atoms. The average molecular weight is 351 g/mol. The molecule has 0 aliphatic heterocycles. The van der Waals surface area contributed by atoms with E-state index in [0.717, 1.165) is 24.4 Å². The number of hydrogen-bond acceptors (Lipinski definition) is 4. The van der Waals surface area contributed by atoms with Crippen molar-refractivity contribution in [3.63, 3.8) is 0 Å². The van der Waals surface area contributed by atoms with Crippen molar-refractivity contribution in [2.45, 2.75) is 31.5 Å². The third-order valence-corrected chi connectivity index (χ3v) is 4.89. The summed E-state index contributed by atoms with van der Waals surface area (Å²) in [5, 5.41) is 13.3. The van der Waals surface area contributed by atoms with E-state index in [1.807, 2.05) is 36.5 Å². The Balaban J connectivity index is 1.41. The van der Waals surface area contributed by atoms with Gasteiger partial charge in [-0.3, -0.25) is 4.79 Å². The topological polar surface area (TPSA) is 95.8 Å². The number of nitrogens with zero attached hydrogens (tertiary/aromatic N) is 3. The summed E-state index contributed by atoms with van der Waals surface area (Å²) in [4.78, 5) is 23.3. The molecule has 7 heteroatoms. The highest BCUT2D eigenvalue weighted by Gasteiger charge is 2.34. The third kappa shape index (κ3) is 3.39. The van der Waals surface area contributed by atoms with Crippen molar-refractivity contribution in [1.29, 1.82) is 0 Å². The molecule has 134 valence electrons. The van der Waals surface area contributed by atoms with Crippen LogP contribution in [0.4, 0.5) is 0 Å². The number of carbonyl (C=O) groups excluding carboxylic acids is 1. The van der Waals surface area contributed by atoms with Crippen molar-refractivity contribution in [1.82, 2.24) is 24.8 Å². The van der Waals surface area contributed by atoms with Crippen LogP contribution in [0.1, 0.15) is 23.3 Å². The Bertz CT molecular complexity index is 859. The van der Waals surface area contributed by atoms with Gasteiger partial charge in [-0.2, -0.15) is 0 Å². The van der Waals surface area contributed by atoms with E-state index in [9.17, 15) is 9.90 Å². The summed E-state index contributed by atoms with van der Waals surface area (Å²) < 4.78 is 2.12. The molecule has 3 N–H and O–H groups in total. The zero-order chi connectivity index (χ0) is 17.9. The van der Waals surface area contributed by atoms with Crippen LogP contribution in [-0.2, 0) is 6.54 Å². The fourth-order valence-electron chi connectivity index (χ4n) is 3.63. The predicted molar refractivity (Wildman–Crippen MR) is 96.2 cm³/mol. The Labute approximate surface area is 151 Å². The molecule has 1 aromatic carbocycles. The molecule has 0 bridgehead atoms. The summed E-state index contributed by atoms with van der Waals surface area (Å²) in [6.07, 6.45) is 7.54. The van der Waals surface area contributed by atoms with Crippen molar-refractivity contribution in [3.05, 3.63) is 60.9 Å². The molecule has 3 aromatic rings. The third-order valence-electron chi connectivity index (χ3n) is 4.89. The van der Waals surface area contributed by atoms with E-state index < -0.39 is 6.10 Å². The van der Waals surface area contributed by atoms with Crippen LogP contribution in [-0.4, -0.2) is 42.7 Å². The van der Waals surface area contributed by atoms with Crippen LogP contribution in [0.3, 0.4) is 0 Å². The summed E-state index contributed by atoms with van der Waals surface area (Å²) in [5.41, 5.74) is 1.47. The van der Waals surface area contributed by atoms with E-state index in [4.69, 9.17) is 0 Å². The molecule has 0 saturated heterocycles. The number of hydrogen-bond donors (Lipinski definition) is 3. The molecule has 26 heavy (non-hydrogen) atoms. The van der Waals surface area contributed by atoms with E-state index in [2.05, 4.69) is 24.8 Å². The minimum Gasteiger partial charge on any atom is -0.391 e. The number of carbonyl (C=O) groups is 1. The van der Waals surface area contributed by atoms with Crippen molar-refractivity contribution in [2.24, 2.45) is 5.92 Å². The molecule has 1 amide bonds. The minimum atomic E-state index is -0.546. The van der Waals surface area contributed by atoms with E-state index in [1.54, 1.807) is 6.20 Å². The Kier molecular flexibility index (Phi) is 4.53. The maximum absolute atomic E-state index is 12.2. The van der Waals surface area contributed by atoms with E-state index in [0.29, 0.717) is 12.1 Å². The Hall–Kier alpha value is -2.93. The molecule has 1 fully saturated rings. The SMILES string of the molecule is O=C(N[C@@H]1CC(Cn2ccnc2-c2ccccc2)C[C@H]1O)c1cnc[nH]1. The standard InChI is InChI=1S/C19H21N5O2/c25-17-9-13(8-15(17)23-19(26)16-10-20-12-22-16)11-24-7-6-21-18(24)14-4-2-1-3-5-14/h1-7,10,12-13,15,17,25H,8-9,11H2,(H,20,22)(H,23,26)/t13?,15-,17-/m1/s1. The molecule has 1 unspecified atom stereocenters. The van der Waals surface area contributed by atoms with Gasteiger partial charge in [-0.25, -0.2) is 9.97 Å². The van der Waals surface area contributed by atoms with Crippen LogP contribution >= 0.6 is 0 Å². The van der Waals surface area contributed by atoms with Crippen molar-refractivity contribution in [2.75, 3.05) is 0 Å². The van der Waals surface area contributed by atoms with Gasteiger partial charge in [-0.05, 0) is 18.8 Å². The summed E-state index contributed by atoms with van der Waals surface area (Å²) in [7, 11) is 0. The monoisotopic (exact) mass is 351 g/mol. The predicted octanol–water partition coefficient (Wildman–Crippen LogP) is 1.84. The Morgan fingerprint density at radius 1 is 1.31 bits per heavy atom. The molecular weight excluding hydrogens is 330 g/mol. The summed E-state index contributed by atoms with van der Waals surface area (Å²) >= 11 is 0. The second-order valence-corrected chi connectivity index (χ2v) is 6.72. The lowest BCUT2D eigenvalue weighted by Crippen LogP contribution is -2.40. The van der Waals surface area contributed by atoms with Crippen LogP contribution in [0.2, 0.25) is 0 Å². The number of imidazole rings is 2. The molecule has 1 aliphatic rings. The van der Waals surface area contributed by atoms with Gasteiger partial charge in [0.1, 0.15) is 11.5 Å². The molecule has 2 heterocycles. The van der Waals surface area contributed by atoms with E-state index >= 15 is 0 Å². The molecule has 7 nitrogen and oxygen atoms in total. The van der Waals surface area contributed by atoms with Gasteiger partial charge in [0.05, 0.1) is 24.7 Å². The van der Waals surface area contributed by atoms with Gasteiger partial charge in [-0.1, -0.05) is 30.3 Å². The number of aromatic amines is 1. The zero-order valence-electron chi connectivity index (χ0n) is 14.2. The number of aromatic nitrogens is 4. The first-order valence-corrected chi connectivity index (χ1v) is 8.74. The lowest BCUT2D eigenvalue weighted by Gasteiger charge is -2.16. The average Bonchev–Trinajstić information content (AvgIpc) is 3.38. The Morgan fingerprint density at radius 3 is 2.92 bits per heavy atom. The van der Waals surface area contributed by atoms with Gasteiger partial charge in [0.25, 0.3) is 5.91 Å². The van der Waals surface area contributed by atoms with Crippen molar-refractivity contribution in [3.8, 4) is 11.4 Å². The highest BCUT2D eigenvalue weighted by atomic mass is 16.3. The van der Waals surface area contributed by atoms with Crippen LogP contribution in [0.5, 0.6) is 0 Å². The fourth-order valence-corrected chi connectivity index (χ4v) is 3.63. The molecule has 3 atom stereocenters. The first kappa shape index (κ1) is 16.5. The lowest BCUT2D eigenvalue weighted by molar-refractivity contribution is 0.0868. The van der Waals surface area contributed by atoms with Gasteiger partial charge in [-0.15, -0.1) is 0 Å². The second kappa shape index (κ2) is 7.13. The Morgan fingerprint density at radius 2 is 2.15 bits per heavy atom. The first-order chi connectivity index (χ1) is 12.7. The zero-order valence-corrected chi connectivity index (χ0v) is 14.2.